The largest absolute Gasteiger partial charge is 0.391 e. The van der Waals surface area contributed by atoms with E-state index < -0.39 is 12.2 Å². The zero-order chi connectivity index (χ0) is 16.4. The number of ether oxygens (including phenoxy) is 1. The topological polar surface area (TPSA) is 52.9 Å². The van der Waals surface area contributed by atoms with E-state index in [0.717, 1.165) is 25.8 Å². The number of aliphatic hydroxyl groups is 2. The molecular weight excluding hydrogens is 278 g/mol. The lowest BCUT2D eigenvalue weighted by Gasteiger charge is -2.32. The summed E-state index contributed by atoms with van der Waals surface area (Å²) >= 11 is 0. The van der Waals surface area contributed by atoms with Gasteiger partial charge in [0.25, 0.3) is 0 Å². The highest BCUT2D eigenvalue weighted by Crippen LogP contribution is 2.28. The maximum absolute atomic E-state index is 10.3. The normalized spacial score (nSPS) is 28.6. The summed E-state index contributed by atoms with van der Waals surface area (Å²) in [7, 11) is 2.05. The van der Waals surface area contributed by atoms with Gasteiger partial charge in [-0.2, -0.15) is 0 Å². The number of aliphatic hydroxyl groups excluding tert-OH is 2. The van der Waals surface area contributed by atoms with Crippen LogP contribution in [0.1, 0.15) is 71.6 Å². The van der Waals surface area contributed by atoms with E-state index in [0.29, 0.717) is 13.0 Å². The summed E-state index contributed by atoms with van der Waals surface area (Å²) in [6.45, 7) is 6.04. The molecule has 1 aliphatic rings. The Morgan fingerprint density at radius 1 is 0.909 bits per heavy atom. The molecule has 0 aromatic rings. The predicted octanol–water partition coefficient (Wildman–Crippen LogP) is 2.96. The van der Waals surface area contributed by atoms with Gasteiger partial charge >= 0.3 is 0 Å². The smallest absolute Gasteiger partial charge is 0.101 e. The first-order valence-electron chi connectivity index (χ1n) is 9.29. The van der Waals surface area contributed by atoms with E-state index in [9.17, 15) is 10.2 Å². The fourth-order valence-corrected chi connectivity index (χ4v) is 3.41. The Morgan fingerprint density at radius 3 is 2.23 bits per heavy atom. The van der Waals surface area contributed by atoms with E-state index in [4.69, 9.17) is 4.74 Å². The van der Waals surface area contributed by atoms with Crippen molar-refractivity contribution in [3.05, 3.63) is 0 Å². The Hall–Kier alpha value is -0.160. The molecule has 0 aromatic carbocycles. The van der Waals surface area contributed by atoms with Gasteiger partial charge in [-0.15, -0.1) is 0 Å². The third-order valence-corrected chi connectivity index (χ3v) is 4.77. The van der Waals surface area contributed by atoms with Crippen molar-refractivity contribution < 1.29 is 14.9 Å². The van der Waals surface area contributed by atoms with Gasteiger partial charge in [0, 0.05) is 13.0 Å². The molecule has 22 heavy (non-hydrogen) atoms. The molecule has 4 heteroatoms. The summed E-state index contributed by atoms with van der Waals surface area (Å²) < 4.78 is 5.91. The summed E-state index contributed by atoms with van der Waals surface area (Å²) in [5.41, 5.74) is 0. The van der Waals surface area contributed by atoms with Crippen LogP contribution in [0.4, 0.5) is 0 Å². The van der Waals surface area contributed by atoms with Crippen LogP contribution in [0.5, 0.6) is 0 Å². The molecular formula is C18H37NO3. The van der Waals surface area contributed by atoms with E-state index in [1.807, 2.05) is 7.05 Å². The highest BCUT2D eigenvalue weighted by Gasteiger charge is 2.44. The molecule has 0 bridgehead atoms. The summed E-state index contributed by atoms with van der Waals surface area (Å²) in [4.78, 5) is 2.19. The van der Waals surface area contributed by atoms with Crippen LogP contribution in [-0.2, 0) is 4.74 Å². The van der Waals surface area contributed by atoms with Gasteiger partial charge in [-0.1, -0.05) is 52.4 Å². The van der Waals surface area contributed by atoms with E-state index >= 15 is 0 Å². The number of hydrogen-bond acceptors (Lipinski definition) is 4. The van der Waals surface area contributed by atoms with Crippen LogP contribution in [0.2, 0.25) is 0 Å². The first-order chi connectivity index (χ1) is 10.6. The molecule has 1 rings (SSSR count). The Bertz CT molecular complexity index is 275. The second kappa shape index (κ2) is 11.4. The highest BCUT2D eigenvalue weighted by atomic mass is 16.5. The van der Waals surface area contributed by atoms with Crippen LogP contribution in [0.15, 0.2) is 0 Å². The van der Waals surface area contributed by atoms with Crippen molar-refractivity contribution >= 4 is 0 Å². The average Bonchev–Trinajstić information content (AvgIpc) is 2.77. The Labute approximate surface area is 136 Å². The van der Waals surface area contributed by atoms with E-state index in [-0.39, 0.29) is 12.1 Å². The van der Waals surface area contributed by atoms with Crippen molar-refractivity contribution in [2.75, 3.05) is 20.2 Å². The molecule has 4 nitrogen and oxygen atoms in total. The summed E-state index contributed by atoms with van der Waals surface area (Å²) in [6.07, 6.45) is 8.77. The number of hydrogen-bond donors (Lipinski definition) is 2. The van der Waals surface area contributed by atoms with E-state index in [1.165, 1.54) is 32.1 Å². The van der Waals surface area contributed by atoms with Gasteiger partial charge in [0.2, 0.25) is 0 Å². The van der Waals surface area contributed by atoms with Gasteiger partial charge < -0.3 is 14.9 Å². The molecule has 132 valence electrons. The van der Waals surface area contributed by atoms with Gasteiger partial charge in [-0.25, -0.2) is 0 Å². The lowest BCUT2D eigenvalue weighted by atomic mass is 10.1. The van der Waals surface area contributed by atoms with Crippen molar-refractivity contribution in [1.82, 2.24) is 4.90 Å². The molecule has 0 unspecified atom stereocenters. The lowest BCUT2D eigenvalue weighted by Crippen LogP contribution is -2.47. The molecule has 0 amide bonds. The van der Waals surface area contributed by atoms with Gasteiger partial charge in [0.15, 0.2) is 0 Å². The molecule has 1 saturated carbocycles. The Kier molecular flexibility index (Phi) is 10.3. The standard InChI is InChI=1S/C18H37NO3/c1-4-6-8-9-10-12-19(3)17-15(20)14-16(21)18(17)22-13-11-7-5-2/h15-18,20-21H,4-14H2,1-3H3/t15-,16+,17+,18+/m0/s1. The highest BCUT2D eigenvalue weighted by molar-refractivity contribution is 4.98. The third-order valence-electron chi connectivity index (χ3n) is 4.77. The second-order valence-electron chi connectivity index (χ2n) is 6.80. The molecule has 0 spiro atoms. The maximum atomic E-state index is 10.3. The number of rotatable bonds is 12. The van der Waals surface area contributed by atoms with Crippen LogP contribution >= 0.6 is 0 Å². The molecule has 0 radical (unpaired) electrons. The Balaban J connectivity index is 2.38. The average molecular weight is 315 g/mol. The first kappa shape index (κ1) is 19.9. The van der Waals surface area contributed by atoms with Gasteiger partial charge in [-0.3, -0.25) is 4.90 Å². The van der Waals surface area contributed by atoms with E-state index in [2.05, 4.69) is 18.7 Å². The monoisotopic (exact) mass is 315 g/mol. The molecule has 1 fully saturated rings. The predicted molar refractivity (Wildman–Crippen MR) is 91.1 cm³/mol. The van der Waals surface area contributed by atoms with Crippen molar-refractivity contribution in [2.45, 2.75) is 96.0 Å². The number of likely N-dealkylation sites (N-methyl/N-ethyl adjacent to an activating group) is 1. The Morgan fingerprint density at radius 2 is 1.55 bits per heavy atom. The van der Waals surface area contributed by atoms with Gasteiger partial charge in [0.1, 0.15) is 6.10 Å². The minimum Gasteiger partial charge on any atom is -0.391 e. The van der Waals surface area contributed by atoms with Crippen LogP contribution < -0.4 is 0 Å². The molecule has 4 atom stereocenters. The number of unbranched alkanes of at least 4 members (excludes halogenated alkanes) is 6. The van der Waals surface area contributed by atoms with Crippen molar-refractivity contribution in [3.8, 4) is 0 Å². The van der Waals surface area contributed by atoms with Crippen molar-refractivity contribution in [1.29, 1.82) is 0 Å². The molecule has 0 heterocycles. The molecule has 2 N–H and O–H groups in total. The first-order valence-corrected chi connectivity index (χ1v) is 9.29. The van der Waals surface area contributed by atoms with Crippen LogP contribution in [-0.4, -0.2) is 59.7 Å². The SMILES string of the molecule is CCCCCCCN(C)[C@H]1[C@H](OCCCCC)[C@H](O)C[C@@H]1O. The summed E-state index contributed by atoms with van der Waals surface area (Å²) in [5, 5.41) is 20.4. The minimum atomic E-state index is -0.538. The zero-order valence-electron chi connectivity index (χ0n) is 14.8. The molecule has 1 aliphatic carbocycles. The third kappa shape index (κ3) is 6.53. The van der Waals surface area contributed by atoms with Crippen LogP contribution in [0.3, 0.4) is 0 Å². The quantitative estimate of drug-likeness (QED) is 0.544. The minimum absolute atomic E-state index is 0.0669. The van der Waals surface area contributed by atoms with Gasteiger partial charge in [-0.05, 0) is 26.4 Å². The van der Waals surface area contributed by atoms with Crippen LogP contribution in [0.25, 0.3) is 0 Å². The zero-order valence-corrected chi connectivity index (χ0v) is 14.8. The lowest BCUT2D eigenvalue weighted by molar-refractivity contribution is -0.0588. The fourth-order valence-electron chi connectivity index (χ4n) is 3.41. The number of nitrogens with zero attached hydrogens (tertiary/aromatic N) is 1. The van der Waals surface area contributed by atoms with E-state index in [1.54, 1.807) is 0 Å². The molecule has 0 saturated heterocycles. The molecule has 0 aliphatic heterocycles. The van der Waals surface area contributed by atoms with Crippen molar-refractivity contribution in [3.63, 3.8) is 0 Å². The van der Waals surface area contributed by atoms with Gasteiger partial charge in [0.05, 0.1) is 18.2 Å². The second-order valence-corrected chi connectivity index (χ2v) is 6.80. The summed E-state index contributed by atoms with van der Waals surface area (Å²) in [6, 6.07) is -0.0669. The summed E-state index contributed by atoms with van der Waals surface area (Å²) in [5.74, 6) is 0. The van der Waals surface area contributed by atoms with Crippen molar-refractivity contribution in [2.24, 2.45) is 0 Å². The maximum Gasteiger partial charge on any atom is 0.101 e. The van der Waals surface area contributed by atoms with Crippen LogP contribution in [0, 0.1) is 0 Å². The fraction of sp³-hybridized carbons (Fsp3) is 1.00. The molecule has 0 aromatic heterocycles.